The van der Waals surface area contributed by atoms with Crippen molar-refractivity contribution in [3.63, 3.8) is 0 Å². The number of nitrogens with zero attached hydrogens (tertiary/aromatic N) is 2. The van der Waals surface area contributed by atoms with Gasteiger partial charge in [0.1, 0.15) is 5.56 Å². The number of rotatable bonds is 4. The fraction of sp³-hybridized carbons (Fsp3) is 0.227. The summed E-state index contributed by atoms with van der Waals surface area (Å²) in [7, 11) is 4.79. The van der Waals surface area contributed by atoms with E-state index in [1.165, 1.54) is 4.57 Å². The first-order valence-electron chi connectivity index (χ1n) is 9.50. The van der Waals surface area contributed by atoms with Gasteiger partial charge in [-0.25, -0.2) is 0 Å². The van der Waals surface area contributed by atoms with Gasteiger partial charge in [0.25, 0.3) is 5.56 Å². The maximum absolute atomic E-state index is 12.7. The minimum absolute atomic E-state index is 0.0745. The van der Waals surface area contributed by atoms with Crippen LogP contribution >= 0.6 is 24.0 Å². The van der Waals surface area contributed by atoms with Crippen LogP contribution < -0.4 is 15.0 Å². The molecule has 4 rings (SSSR count). The van der Waals surface area contributed by atoms with Crippen LogP contribution in [-0.2, 0) is 7.05 Å². The Kier molecular flexibility index (Phi) is 5.88. The molecule has 1 atom stereocenters. The Morgan fingerprint density at radius 2 is 1.94 bits per heavy atom. The highest BCUT2D eigenvalue weighted by Gasteiger charge is 2.27. The molecule has 2 aromatic carbocycles. The third kappa shape index (κ3) is 3.98. The van der Waals surface area contributed by atoms with Crippen LogP contribution in [0.1, 0.15) is 22.8 Å². The molecule has 3 aromatic rings. The highest BCUT2D eigenvalue weighted by atomic mass is 32.2. The SMILES string of the molecule is COc1ccc([C@@H]2CC(c3c(O)n(C)c(=S)[nH]c3=O)=Nc3ccccc3S2)cc1OC. The second-order valence-electron chi connectivity index (χ2n) is 6.97. The number of fused-ring (bicyclic) bond motifs is 1. The van der Waals surface area contributed by atoms with Gasteiger partial charge in [0.05, 0.1) is 25.6 Å². The van der Waals surface area contributed by atoms with Gasteiger partial charge in [-0.2, -0.15) is 0 Å². The van der Waals surface area contributed by atoms with Gasteiger partial charge in [-0.1, -0.05) is 18.2 Å². The first-order chi connectivity index (χ1) is 14.9. The number of para-hydroxylation sites is 1. The second-order valence-corrected chi connectivity index (χ2v) is 8.60. The molecule has 0 saturated carbocycles. The Hall–Kier alpha value is -3.04. The number of hydrogen-bond donors (Lipinski definition) is 2. The maximum atomic E-state index is 12.7. The normalized spacial score (nSPS) is 15.6. The lowest BCUT2D eigenvalue weighted by Gasteiger charge is -2.18. The molecule has 1 aliphatic heterocycles. The molecule has 9 heteroatoms. The third-order valence-electron chi connectivity index (χ3n) is 5.13. The number of ether oxygens (including phenoxy) is 2. The van der Waals surface area contributed by atoms with E-state index >= 15 is 0 Å². The van der Waals surface area contributed by atoms with Crippen molar-refractivity contribution in [2.24, 2.45) is 12.0 Å². The summed E-state index contributed by atoms with van der Waals surface area (Å²) in [5, 5.41) is 10.6. The number of thioether (sulfide) groups is 1. The van der Waals surface area contributed by atoms with Gasteiger partial charge in [0, 0.05) is 23.6 Å². The number of aromatic amines is 1. The molecule has 0 spiro atoms. The zero-order chi connectivity index (χ0) is 22.1. The Morgan fingerprint density at radius 3 is 2.68 bits per heavy atom. The second kappa shape index (κ2) is 8.60. The molecule has 0 amide bonds. The van der Waals surface area contributed by atoms with E-state index in [-0.39, 0.29) is 21.5 Å². The van der Waals surface area contributed by atoms with Gasteiger partial charge in [-0.15, -0.1) is 11.8 Å². The summed E-state index contributed by atoms with van der Waals surface area (Å²) in [4.78, 5) is 21.1. The predicted octanol–water partition coefficient (Wildman–Crippen LogP) is 4.52. The molecule has 0 fully saturated rings. The largest absolute Gasteiger partial charge is 0.494 e. The van der Waals surface area contributed by atoms with Crippen LogP contribution in [0.2, 0.25) is 0 Å². The zero-order valence-corrected chi connectivity index (χ0v) is 18.8. The van der Waals surface area contributed by atoms with Crippen LogP contribution in [0.4, 0.5) is 5.69 Å². The Labute approximate surface area is 188 Å². The summed E-state index contributed by atoms with van der Waals surface area (Å²) < 4.78 is 12.3. The summed E-state index contributed by atoms with van der Waals surface area (Å²) >= 11 is 6.76. The van der Waals surface area contributed by atoms with Crippen molar-refractivity contribution in [2.45, 2.75) is 16.6 Å². The number of aromatic hydroxyl groups is 1. The number of hydrogen-bond acceptors (Lipinski definition) is 7. The minimum atomic E-state index is -0.463. The molecule has 2 heterocycles. The summed E-state index contributed by atoms with van der Waals surface area (Å²) in [6.45, 7) is 0. The van der Waals surface area contributed by atoms with E-state index in [1.807, 2.05) is 42.5 Å². The number of nitrogens with one attached hydrogen (secondary N) is 1. The molecule has 0 bridgehead atoms. The topological polar surface area (TPSA) is 88.8 Å². The van der Waals surface area contributed by atoms with Crippen molar-refractivity contribution in [1.29, 1.82) is 0 Å². The monoisotopic (exact) mass is 455 g/mol. The summed E-state index contributed by atoms with van der Waals surface area (Å²) in [5.41, 5.74) is 1.89. The number of aliphatic imine (C=N–C) groups is 1. The lowest BCUT2D eigenvalue weighted by atomic mass is 10.0. The van der Waals surface area contributed by atoms with Gasteiger partial charge in [-0.05, 0) is 42.0 Å². The van der Waals surface area contributed by atoms with Gasteiger partial charge >= 0.3 is 0 Å². The van der Waals surface area contributed by atoms with Crippen LogP contribution in [0, 0.1) is 4.77 Å². The fourth-order valence-electron chi connectivity index (χ4n) is 3.48. The van der Waals surface area contributed by atoms with Crippen molar-refractivity contribution in [2.75, 3.05) is 14.2 Å². The van der Waals surface area contributed by atoms with E-state index in [1.54, 1.807) is 33.0 Å². The molecule has 2 N–H and O–H groups in total. The Morgan fingerprint density at radius 1 is 1.19 bits per heavy atom. The number of benzene rings is 2. The van der Waals surface area contributed by atoms with Crippen LogP contribution in [0.25, 0.3) is 0 Å². The average molecular weight is 456 g/mol. The van der Waals surface area contributed by atoms with Gasteiger partial charge in [0.2, 0.25) is 5.88 Å². The molecule has 1 aromatic heterocycles. The summed E-state index contributed by atoms with van der Waals surface area (Å²) in [6, 6.07) is 13.5. The van der Waals surface area contributed by atoms with E-state index < -0.39 is 5.56 Å². The predicted molar refractivity (Wildman–Crippen MR) is 124 cm³/mol. The standard InChI is InChI=1S/C22H21N3O4S2/c1-25-21(27)19(20(26)24-22(25)30)14-11-18(31-17-7-5-4-6-13(17)23-14)12-8-9-15(28-2)16(10-12)29-3/h4-10,18,27H,11H2,1-3H3,(H,24,26,30)/t18-/m0/s1. The van der Waals surface area contributed by atoms with Crippen molar-refractivity contribution in [1.82, 2.24) is 9.55 Å². The van der Waals surface area contributed by atoms with Crippen molar-refractivity contribution >= 4 is 35.4 Å². The first kappa shape index (κ1) is 21.2. The quantitative estimate of drug-likeness (QED) is 0.562. The summed E-state index contributed by atoms with van der Waals surface area (Å²) in [6.07, 6.45) is 0.419. The lowest BCUT2D eigenvalue weighted by molar-refractivity contribution is 0.354. The first-order valence-corrected chi connectivity index (χ1v) is 10.8. The molecular weight excluding hydrogens is 434 g/mol. The third-order valence-corrected chi connectivity index (χ3v) is 6.83. The molecule has 0 saturated heterocycles. The van der Waals surface area contributed by atoms with E-state index in [9.17, 15) is 9.90 Å². The molecule has 0 radical (unpaired) electrons. The maximum Gasteiger partial charge on any atom is 0.264 e. The fourth-order valence-corrected chi connectivity index (χ4v) is 4.88. The molecule has 1 aliphatic rings. The lowest BCUT2D eigenvalue weighted by Crippen LogP contribution is -2.23. The number of H-pyrrole nitrogens is 1. The van der Waals surface area contributed by atoms with Crippen molar-refractivity contribution in [3.05, 3.63) is 68.7 Å². The molecule has 31 heavy (non-hydrogen) atoms. The zero-order valence-electron chi connectivity index (χ0n) is 17.2. The van der Waals surface area contributed by atoms with E-state index in [0.717, 1.165) is 16.1 Å². The smallest absolute Gasteiger partial charge is 0.264 e. The van der Waals surface area contributed by atoms with E-state index in [4.69, 9.17) is 26.7 Å². The van der Waals surface area contributed by atoms with Gasteiger partial charge in [0.15, 0.2) is 16.3 Å². The molecule has 0 aliphatic carbocycles. The minimum Gasteiger partial charge on any atom is -0.494 e. The average Bonchev–Trinajstić information content (AvgIpc) is 2.96. The number of methoxy groups -OCH3 is 2. The molecule has 0 unspecified atom stereocenters. The van der Waals surface area contributed by atoms with E-state index in [0.29, 0.717) is 23.6 Å². The number of aromatic nitrogens is 2. The summed E-state index contributed by atoms with van der Waals surface area (Å²) in [5.74, 6) is 1.06. The van der Waals surface area contributed by atoms with Crippen molar-refractivity contribution in [3.8, 4) is 17.4 Å². The Bertz CT molecular complexity index is 1300. The van der Waals surface area contributed by atoms with Gasteiger partial charge < -0.3 is 14.6 Å². The van der Waals surface area contributed by atoms with Crippen LogP contribution in [-0.4, -0.2) is 34.6 Å². The Balaban J connectivity index is 1.88. The highest BCUT2D eigenvalue weighted by molar-refractivity contribution is 7.99. The molecule has 160 valence electrons. The van der Waals surface area contributed by atoms with E-state index in [2.05, 4.69) is 4.98 Å². The van der Waals surface area contributed by atoms with Crippen LogP contribution in [0.3, 0.4) is 0 Å². The molecule has 7 nitrogen and oxygen atoms in total. The van der Waals surface area contributed by atoms with Crippen molar-refractivity contribution < 1.29 is 14.6 Å². The molecular formula is C22H21N3O4S2. The van der Waals surface area contributed by atoms with Gasteiger partial charge in [-0.3, -0.25) is 19.3 Å². The van der Waals surface area contributed by atoms with Crippen LogP contribution in [0.15, 0.2) is 57.1 Å². The van der Waals surface area contributed by atoms with Crippen LogP contribution in [0.5, 0.6) is 17.4 Å². The highest BCUT2D eigenvalue weighted by Crippen LogP contribution is 2.47.